The number of hydrogen-bond acceptors (Lipinski definition) is 3. The first-order valence-corrected chi connectivity index (χ1v) is 10.6. The molecule has 0 atom stereocenters. The van der Waals surface area contributed by atoms with Gasteiger partial charge in [-0.15, -0.1) is 0 Å². The molecule has 0 bridgehead atoms. The SMILES string of the molecule is CCNC(=NCCCCN(C)c1ccccc1)NC1CCN(C(C)C)CC1. The number of unbranched alkanes of at least 4 members (excludes halogenated alkanes) is 1. The van der Waals surface area contributed by atoms with Gasteiger partial charge in [0.2, 0.25) is 0 Å². The Morgan fingerprint density at radius 1 is 1.19 bits per heavy atom. The molecule has 0 saturated carbocycles. The summed E-state index contributed by atoms with van der Waals surface area (Å²) in [6.07, 6.45) is 4.66. The van der Waals surface area contributed by atoms with Gasteiger partial charge in [0.05, 0.1) is 0 Å². The Hall–Kier alpha value is -1.75. The first kappa shape index (κ1) is 21.5. The van der Waals surface area contributed by atoms with Crippen LogP contribution in [0.25, 0.3) is 0 Å². The third-order valence-corrected chi connectivity index (χ3v) is 5.31. The molecule has 1 aliphatic heterocycles. The van der Waals surface area contributed by atoms with E-state index in [9.17, 15) is 0 Å². The molecule has 5 heteroatoms. The molecular weight excluding hydrogens is 334 g/mol. The normalized spacial score (nSPS) is 16.6. The van der Waals surface area contributed by atoms with Crippen molar-refractivity contribution < 1.29 is 0 Å². The van der Waals surface area contributed by atoms with Crippen molar-refractivity contribution in [1.82, 2.24) is 15.5 Å². The maximum Gasteiger partial charge on any atom is 0.191 e. The summed E-state index contributed by atoms with van der Waals surface area (Å²) >= 11 is 0. The first-order valence-electron chi connectivity index (χ1n) is 10.6. The summed E-state index contributed by atoms with van der Waals surface area (Å²) in [7, 11) is 2.16. The van der Waals surface area contributed by atoms with Crippen molar-refractivity contribution in [3.05, 3.63) is 30.3 Å². The summed E-state index contributed by atoms with van der Waals surface area (Å²) in [5, 5.41) is 7.05. The van der Waals surface area contributed by atoms with Crippen LogP contribution in [0.1, 0.15) is 46.5 Å². The maximum atomic E-state index is 4.79. The first-order chi connectivity index (χ1) is 13.1. The lowest BCUT2D eigenvalue weighted by molar-refractivity contribution is 0.167. The molecule has 0 aromatic heterocycles. The van der Waals surface area contributed by atoms with Gasteiger partial charge in [-0.2, -0.15) is 0 Å². The minimum Gasteiger partial charge on any atom is -0.375 e. The smallest absolute Gasteiger partial charge is 0.191 e. The number of hydrogen-bond donors (Lipinski definition) is 2. The van der Waals surface area contributed by atoms with Gasteiger partial charge in [-0.1, -0.05) is 18.2 Å². The fraction of sp³-hybridized carbons (Fsp3) is 0.682. The van der Waals surface area contributed by atoms with Crippen molar-refractivity contribution in [1.29, 1.82) is 0 Å². The minimum atomic E-state index is 0.544. The number of para-hydroxylation sites is 1. The molecule has 27 heavy (non-hydrogen) atoms. The number of guanidine groups is 1. The van der Waals surface area contributed by atoms with E-state index in [1.807, 2.05) is 0 Å². The number of nitrogens with zero attached hydrogens (tertiary/aromatic N) is 3. The molecule has 1 saturated heterocycles. The van der Waals surface area contributed by atoms with Gasteiger partial charge in [0.1, 0.15) is 0 Å². The molecule has 152 valence electrons. The second-order valence-corrected chi connectivity index (χ2v) is 7.77. The molecule has 0 spiro atoms. The van der Waals surface area contributed by atoms with Crippen molar-refractivity contribution in [3.63, 3.8) is 0 Å². The van der Waals surface area contributed by atoms with E-state index in [0.717, 1.165) is 38.4 Å². The molecule has 5 nitrogen and oxygen atoms in total. The fourth-order valence-electron chi connectivity index (χ4n) is 3.54. The molecule has 1 aliphatic rings. The lowest BCUT2D eigenvalue weighted by Gasteiger charge is -2.35. The number of nitrogens with one attached hydrogen (secondary N) is 2. The van der Waals surface area contributed by atoms with Crippen LogP contribution in [-0.4, -0.2) is 62.7 Å². The van der Waals surface area contributed by atoms with E-state index in [1.165, 1.54) is 31.6 Å². The van der Waals surface area contributed by atoms with Crippen LogP contribution in [0.4, 0.5) is 5.69 Å². The predicted molar refractivity (Wildman–Crippen MR) is 118 cm³/mol. The summed E-state index contributed by atoms with van der Waals surface area (Å²) in [5.74, 6) is 0.983. The van der Waals surface area contributed by atoms with Crippen molar-refractivity contribution >= 4 is 11.6 Å². The van der Waals surface area contributed by atoms with Crippen LogP contribution in [0.15, 0.2) is 35.3 Å². The van der Waals surface area contributed by atoms with Crippen molar-refractivity contribution in [2.45, 2.75) is 58.5 Å². The van der Waals surface area contributed by atoms with E-state index in [1.54, 1.807) is 0 Å². The largest absolute Gasteiger partial charge is 0.375 e. The Kier molecular flexibility index (Phi) is 9.46. The highest BCUT2D eigenvalue weighted by Crippen LogP contribution is 2.13. The Morgan fingerprint density at radius 2 is 1.89 bits per heavy atom. The highest BCUT2D eigenvalue weighted by molar-refractivity contribution is 5.80. The Balaban J connectivity index is 1.69. The fourth-order valence-corrected chi connectivity index (χ4v) is 3.54. The van der Waals surface area contributed by atoms with Crippen LogP contribution in [0, 0.1) is 0 Å². The van der Waals surface area contributed by atoms with Gasteiger partial charge in [-0.05, 0) is 58.6 Å². The Morgan fingerprint density at radius 3 is 2.52 bits per heavy atom. The molecule has 1 heterocycles. The average molecular weight is 374 g/mol. The molecule has 0 radical (unpaired) electrons. The van der Waals surface area contributed by atoms with Crippen LogP contribution in [0.2, 0.25) is 0 Å². The van der Waals surface area contributed by atoms with Gasteiger partial charge in [0.15, 0.2) is 5.96 Å². The van der Waals surface area contributed by atoms with E-state index in [-0.39, 0.29) is 0 Å². The predicted octanol–water partition coefficient (Wildman–Crippen LogP) is 3.33. The van der Waals surface area contributed by atoms with Crippen LogP contribution in [0.3, 0.4) is 0 Å². The van der Waals surface area contributed by atoms with Gasteiger partial charge in [0, 0.05) is 57.5 Å². The van der Waals surface area contributed by atoms with E-state index in [0.29, 0.717) is 12.1 Å². The number of benzene rings is 1. The van der Waals surface area contributed by atoms with E-state index in [2.05, 4.69) is 78.6 Å². The van der Waals surface area contributed by atoms with Gasteiger partial charge in [-0.3, -0.25) is 4.99 Å². The molecule has 1 aromatic rings. The summed E-state index contributed by atoms with van der Waals surface area (Å²) in [6, 6.07) is 11.8. The average Bonchev–Trinajstić information content (AvgIpc) is 2.68. The van der Waals surface area contributed by atoms with E-state index in [4.69, 9.17) is 4.99 Å². The standard InChI is InChI=1S/C22H39N5/c1-5-23-22(25-20-13-17-27(18-14-20)19(2)3)24-15-9-10-16-26(4)21-11-7-6-8-12-21/h6-8,11-12,19-20H,5,9-10,13-18H2,1-4H3,(H2,23,24,25). The lowest BCUT2D eigenvalue weighted by atomic mass is 10.0. The highest BCUT2D eigenvalue weighted by atomic mass is 15.2. The number of rotatable bonds is 9. The zero-order chi connectivity index (χ0) is 19.5. The highest BCUT2D eigenvalue weighted by Gasteiger charge is 2.21. The van der Waals surface area contributed by atoms with Gasteiger partial charge >= 0.3 is 0 Å². The number of likely N-dealkylation sites (tertiary alicyclic amines) is 1. The molecule has 0 amide bonds. The van der Waals surface area contributed by atoms with Crippen LogP contribution in [0.5, 0.6) is 0 Å². The lowest BCUT2D eigenvalue weighted by Crippen LogP contribution is -2.49. The van der Waals surface area contributed by atoms with Crippen LogP contribution in [-0.2, 0) is 0 Å². The molecule has 0 aliphatic carbocycles. The van der Waals surface area contributed by atoms with Crippen LogP contribution >= 0.6 is 0 Å². The van der Waals surface area contributed by atoms with Crippen LogP contribution < -0.4 is 15.5 Å². The quantitative estimate of drug-likeness (QED) is 0.396. The molecular formula is C22H39N5. The zero-order valence-corrected chi connectivity index (χ0v) is 17.7. The minimum absolute atomic E-state index is 0.544. The van der Waals surface area contributed by atoms with Crippen molar-refractivity contribution in [2.24, 2.45) is 4.99 Å². The third-order valence-electron chi connectivity index (χ3n) is 5.31. The Bertz CT molecular complexity index is 535. The third kappa shape index (κ3) is 7.79. The topological polar surface area (TPSA) is 42.9 Å². The van der Waals surface area contributed by atoms with Gasteiger partial charge in [0.25, 0.3) is 0 Å². The van der Waals surface area contributed by atoms with E-state index >= 15 is 0 Å². The molecule has 2 rings (SSSR count). The monoisotopic (exact) mass is 373 g/mol. The van der Waals surface area contributed by atoms with E-state index < -0.39 is 0 Å². The molecule has 2 N–H and O–H groups in total. The second kappa shape index (κ2) is 11.9. The number of aliphatic imine (C=N–C) groups is 1. The zero-order valence-electron chi connectivity index (χ0n) is 17.7. The summed E-state index contributed by atoms with van der Waals surface area (Å²) < 4.78 is 0. The second-order valence-electron chi connectivity index (χ2n) is 7.77. The summed E-state index contributed by atoms with van der Waals surface area (Å²) in [6.45, 7) is 11.9. The molecule has 1 aromatic carbocycles. The number of piperidine rings is 1. The van der Waals surface area contributed by atoms with Gasteiger partial charge < -0.3 is 20.4 Å². The molecule has 1 fully saturated rings. The van der Waals surface area contributed by atoms with Crippen molar-refractivity contribution in [3.8, 4) is 0 Å². The Labute approximate surface area is 166 Å². The van der Waals surface area contributed by atoms with Crippen molar-refractivity contribution in [2.75, 3.05) is 44.7 Å². The molecule has 0 unspecified atom stereocenters. The summed E-state index contributed by atoms with van der Waals surface area (Å²) in [5.41, 5.74) is 1.28. The number of anilines is 1. The maximum absolute atomic E-state index is 4.79. The summed E-state index contributed by atoms with van der Waals surface area (Å²) in [4.78, 5) is 9.67. The van der Waals surface area contributed by atoms with Gasteiger partial charge in [-0.25, -0.2) is 0 Å².